The van der Waals surface area contributed by atoms with Crippen molar-refractivity contribution in [2.75, 3.05) is 6.61 Å². The predicted molar refractivity (Wildman–Crippen MR) is 69.7 cm³/mol. The fourth-order valence-electron chi connectivity index (χ4n) is 2.87. The van der Waals surface area contributed by atoms with Crippen LogP contribution in [0.4, 0.5) is 0 Å². The van der Waals surface area contributed by atoms with Crippen molar-refractivity contribution >= 4 is 5.97 Å². The normalized spacial score (nSPS) is 21.6. The fraction of sp³-hybridized carbons (Fsp3) is 0.500. The van der Waals surface area contributed by atoms with E-state index in [2.05, 4.69) is 27.3 Å². The van der Waals surface area contributed by atoms with Crippen molar-refractivity contribution in [3.05, 3.63) is 34.9 Å². The maximum absolute atomic E-state index is 11.6. The molecule has 19 heavy (non-hydrogen) atoms. The Bertz CT molecular complexity index is 557. The molecule has 3 rings (SSSR count). The third-order valence-electron chi connectivity index (χ3n) is 3.73. The van der Waals surface area contributed by atoms with Crippen LogP contribution in [0.2, 0.25) is 0 Å². The topological polar surface area (TPSA) is 67.9 Å². The first-order valence-corrected chi connectivity index (χ1v) is 6.77. The van der Waals surface area contributed by atoms with Gasteiger partial charge in [-0.3, -0.25) is 5.10 Å². The largest absolute Gasteiger partial charge is 0.460 e. The molecule has 0 aliphatic heterocycles. The molecule has 5 heteroatoms. The van der Waals surface area contributed by atoms with E-state index < -0.39 is 5.97 Å². The van der Waals surface area contributed by atoms with Gasteiger partial charge in [-0.1, -0.05) is 17.7 Å². The van der Waals surface area contributed by atoms with E-state index in [0.29, 0.717) is 6.61 Å². The van der Waals surface area contributed by atoms with E-state index in [0.717, 1.165) is 31.5 Å². The Morgan fingerprint density at radius 1 is 1.53 bits per heavy atom. The van der Waals surface area contributed by atoms with Crippen LogP contribution < -0.4 is 0 Å². The minimum atomic E-state index is -0.458. The first-order valence-electron chi connectivity index (χ1n) is 6.77. The minimum absolute atomic E-state index is 0.136. The molecule has 1 aromatic rings. The van der Waals surface area contributed by atoms with E-state index in [-0.39, 0.29) is 11.7 Å². The second-order valence-corrected chi connectivity index (χ2v) is 4.85. The number of carbonyl (C=O) groups is 1. The van der Waals surface area contributed by atoms with Crippen molar-refractivity contribution < 1.29 is 9.53 Å². The van der Waals surface area contributed by atoms with Gasteiger partial charge in [0, 0.05) is 5.92 Å². The molecule has 0 aromatic carbocycles. The number of rotatable bonds is 3. The van der Waals surface area contributed by atoms with Crippen LogP contribution in [-0.4, -0.2) is 27.8 Å². The van der Waals surface area contributed by atoms with Gasteiger partial charge in [-0.15, -0.1) is 5.10 Å². The highest BCUT2D eigenvalue weighted by atomic mass is 16.5. The number of ether oxygens (including phenoxy) is 1. The van der Waals surface area contributed by atoms with E-state index in [4.69, 9.17) is 4.74 Å². The smallest absolute Gasteiger partial charge is 0.378 e. The summed E-state index contributed by atoms with van der Waals surface area (Å²) in [7, 11) is 0. The van der Waals surface area contributed by atoms with Gasteiger partial charge in [-0.25, -0.2) is 9.78 Å². The molecule has 0 saturated heterocycles. The molecule has 5 nitrogen and oxygen atoms in total. The van der Waals surface area contributed by atoms with Gasteiger partial charge in [0.2, 0.25) is 0 Å². The van der Waals surface area contributed by atoms with Crippen molar-refractivity contribution in [2.24, 2.45) is 0 Å². The molecule has 1 aromatic heterocycles. The number of nitrogens with zero attached hydrogens (tertiary/aromatic N) is 2. The summed E-state index contributed by atoms with van der Waals surface area (Å²) >= 11 is 0. The molecule has 0 spiro atoms. The van der Waals surface area contributed by atoms with Crippen LogP contribution in [-0.2, 0) is 4.74 Å². The number of nitrogens with one attached hydrogen (secondary N) is 1. The van der Waals surface area contributed by atoms with Gasteiger partial charge in [0.05, 0.1) is 6.61 Å². The SMILES string of the molecule is CCOC(=O)c1n[nH]c(C2CCC3=C2CCC=C3)n1. The lowest BCUT2D eigenvalue weighted by Gasteiger charge is -2.14. The van der Waals surface area contributed by atoms with E-state index in [1.807, 2.05) is 0 Å². The lowest BCUT2D eigenvalue weighted by atomic mass is 9.93. The van der Waals surface area contributed by atoms with Crippen LogP contribution in [0.15, 0.2) is 23.3 Å². The molecule has 1 atom stereocenters. The second-order valence-electron chi connectivity index (χ2n) is 4.85. The number of esters is 1. The Balaban J connectivity index is 1.82. The number of hydrogen-bond donors (Lipinski definition) is 1. The molecule has 0 radical (unpaired) electrons. The average molecular weight is 259 g/mol. The van der Waals surface area contributed by atoms with Gasteiger partial charge in [-0.2, -0.15) is 0 Å². The Morgan fingerprint density at radius 2 is 2.42 bits per heavy atom. The van der Waals surface area contributed by atoms with Crippen LogP contribution in [0, 0.1) is 0 Å². The highest BCUT2D eigenvalue weighted by Crippen LogP contribution is 2.42. The zero-order valence-corrected chi connectivity index (χ0v) is 11.0. The molecule has 0 fully saturated rings. The molecular formula is C14H17N3O2. The summed E-state index contributed by atoms with van der Waals surface area (Å²) < 4.78 is 4.90. The number of aromatic nitrogens is 3. The monoisotopic (exact) mass is 259 g/mol. The Kier molecular flexibility index (Phi) is 3.19. The molecule has 2 aliphatic carbocycles. The molecule has 0 bridgehead atoms. The van der Waals surface area contributed by atoms with Gasteiger partial charge in [0.1, 0.15) is 5.82 Å². The van der Waals surface area contributed by atoms with Gasteiger partial charge in [0.25, 0.3) is 5.82 Å². The summed E-state index contributed by atoms with van der Waals surface area (Å²) in [5.74, 6) is 0.761. The quantitative estimate of drug-likeness (QED) is 0.847. The van der Waals surface area contributed by atoms with E-state index in [9.17, 15) is 4.79 Å². The number of aromatic amines is 1. The Hall–Kier alpha value is -1.91. The predicted octanol–water partition coefficient (Wildman–Crippen LogP) is 2.51. The summed E-state index contributed by atoms with van der Waals surface area (Å²) in [6.07, 6.45) is 8.77. The standard InChI is InChI=1S/C14H17N3O2/c1-2-19-14(18)13-15-12(16-17-13)11-8-7-9-5-3-4-6-10(9)11/h3,5,11H,2,4,6-8H2,1H3,(H,15,16,17). The average Bonchev–Trinajstić information content (AvgIpc) is 3.05. The second kappa shape index (κ2) is 4.99. The van der Waals surface area contributed by atoms with Crippen LogP contribution in [0.5, 0.6) is 0 Å². The van der Waals surface area contributed by atoms with E-state index >= 15 is 0 Å². The van der Waals surface area contributed by atoms with Crippen LogP contribution >= 0.6 is 0 Å². The third-order valence-corrected chi connectivity index (χ3v) is 3.73. The van der Waals surface area contributed by atoms with E-state index in [1.54, 1.807) is 6.92 Å². The summed E-state index contributed by atoms with van der Waals surface area (Å²) in [4.78, 5) is 15.9. The maximum atomic E-state index is 11.6. The molecule has 100 valence electrons. The summed E-state index contributed by atoms with van der Waals surface area (Å²) in [5, 5.41) is 6.87. The lowest BCUT2D eigenvalue weighted by Crippen LogP contribution is -2.07. The maximum Gasteiger partial charge on any atom is 0.378 e. The number of hydrogen-bond acceptors (Lipinski definition) is 4. The summed E-state index contributed by atoms with van der Waals surface area (Å²) in [6.45, 7) is 2.11. The van der Waals surface area contributed by atoms with Gasteiger partial charge >= 0.3 is 5.97 Å². The number of carbonyl (C=O) groups excluding carboxylic acids is 1. The Labute approximate surface area is 111 Å². The first kappa shape index (κ1) is 12.1. The first-order chi connectivity index (χ1) is 9.29. The van der Waals surface area contributed by atoms with Gasteiger partial charge < -0.3 is 4.74 Å². The van der Waals surface area contributed by atoms with Crippen molar-refractivity contribution in [2.45, 2.75) is 38.5 Å². The molecular weight excluding hydrogens is 242 g/mol. The zero-order chi connectivity index (χ0) is 13.2. The molecule has 1 unspecified atom stereocenters. The number of H-pyrrole nitrogens is 1. The third kappa shape index (κ3) is 2.20. The van der Waals surface area contributed by atoms with Gasteiger partial charge in [-0.05, 0) is 38.2 Å². The van der Waals surface area contributed by atoms with Gasteiger partial charge in [0.15, 0.2) is 0 Å². The van der Waals surface area contributed by atoms with E-state index in [1.165, 1.54) is 11.1 Å². The number of allylic oxidation sites excluding steroid dienone is 4. The van der Waals surface area contributed by atoms with Crippen molar-refractivity contribution in [1.82, 2.24) is 15.2 Å². The summed E-state index contributed by atoms with van der Waals surface area (Å²) in [6, 6.07) is 0. The van der Waals surface area contributed by atoms with Crippen LogP contribution in [0.1, 0.15) is 55.0 Å². The van der Waals surface area contributed by atoms with Crippen molar-refractivity contribution in [3.63, 3.8) is 0 Å². The molecule has 1 heterocycles. The molecule has 0 amide bonds. The van der Waals surface area contributed by atoms with Crippen molar-refractivity contribution in [1.29, 1.82) is 0 Å². The van der Waals surface area contributed by atoms with Crippen LogP contribution in [0.3, 0.4) is 0 Å². The Morgan fingerprint density at radius 3 is 3.26 bits per heavy atom. The molecule has 1 N–H and O–H groups in total. The molecule has 2 aliphatic rings. The highest BCUT2D eigenvalue weighted by Gasteiger charge is 2.29. The minimum Gasteiger partial charge on any atom is -0.460 e. The zero-order valence-electron chi connectivity index (χ0n) is 11.0. The van der Waals surface area contributed by atoms with Crippen molar-refractivity contribution in [3.8, 4) is 0 Å². The highest BCUT2D eigenvalue weighted by molar-refractivity contribution is 5.84. The van der Waals surface area contributed by atoms with Crippen LogP contribution in [0.25, 0.3) is 0 Å². The summed E-state index contributed by atoms with van der Waals surface area (Å²) in [5.41, 5.74) is 2.89. The lowest BCUT2D eigenvalue weighted by molar-refractivity contribution is 0.0512. The fourth-order valence-corrected chi connectivity index (χ4v) is 2.87. The molecule has 0 saturated carbocycles.